The van der Waals surface area contributed by atoms with Crippen LogP contribution in [0.4, 0.5) is 0 Å². The number of thioether (sulfide) groups is 1. The van der Waals surface area contributed by atoms with Crippen LogP contribution in [0.5, 0.6) is 5.75 Å². The molecule has 2 aliphatic rings. The average Bonchev–Trinajstić information content (AvgIpc) is 2.89. The number of hydrogen-bond donors (Lipinski definition) is 0. The van der Waals surface area contributed by atoms with Gasteiger partial charge in [-0.1, -0.05) is 26.0 Å². The van der Waals surface area contributed by atoms with Crippen LogP contribution in [-0.4, -0.2) is 29.8 Å². The first-order valence-corrected chi connectivity index (χ1v) is 9.22. The first kappa shape index (κ1) is 15.2. The van der Waals surface area contributed by atoms with Gasteiger partial charge in [0.25, 0.3) is 0 Å². The summed E-state index contributed by atoms with van der Waals surface area (Å²) in [5, 5.41) is 0. The van der Waals surface area contributed by atoms with Crippen molar-refractivity contribution in [3.63, 3.8) is 0 Å². The van der Waals surface area contributed by atoms with Crippen molar-refractivity contribution in [2.45, 2.75) is 57.7 Å². The van der Waals surface area contributed by atoms with E-state index in [1.165, 1.54) is 23.3 Å². The minimum Gasteiger partial charge on any atom is -0.490 e. The largest absolute Gasteiger partial charge is 0.490 e. The molecule has 2 heterocycles. The molecule has 2 fully saturated rings. The van der Waals surface area contributed by atoms with Crippen molar-refractivity contribution in [3.05, 3.63) is 29.3 Å². The minimum absolute atomic E-state index is 0.0944. The van der Waals surface area contributed by atoms with Gasteiger partial charge in [0, 0.05) is 18.6 Å². The number of rotatable bonds is 3. The van der Waals surface area contributed by atoms with Crippen molar-refractivity contribution >= 4 is 11.8 Å². The van der Waals surface area contributed by atoms with Gasteiger partial charge in [0.15, 0.2) is 0 Å². The molecule has 2 aliphatic heterocycles. The van der Waals surface area contributed by atoms with Gasteiger partial charge in [-0.3, -0.25) is 0 Å². The molecule has 0 radical (unpaired) electrons. The molecule has 1 aromatic rings. The van der Waals surface area contributed by atoms with E-state index in [-0.39, 0.29) is 5.60 Å². The molecule has 0 N–H and O–H groups in total. The predicted octanol–water partition coefficient (Wildman–Crippen LogP) is 4.55. The normalized spacial score (nSPS) is 29.2. The smallest absolute Gasteiger partial charge is 0.122 e. The van der Waals surface area contributed by atoms with Crippen molar-refractivity contribution in [2.24, 2.45) is 0 Å². The summed E-state index contributed by atoms with van der Waals surface area (Å²) >= 11 is 2.02. The van der Waals surface area contributed by atoms with Gasteiger partial charge in [-0.05, 0) is 42.2 Å². The Kier molecular flexibility index (Phi) is 4.51. The maximum absolute atomic E-state index is 6.37. The van der Waals surface area contributed by atoms with E-state index in [1.807, 2.05) is 11.8 Å². The van der Waals surface area contributed by atoms with Gasteiger partial charge >= 0.3 is 0 Å². The van der Waals surface area contributed by atoms with E-state index in [9.17, 15) is 0 Å². The van der Waals surface area contributed by atoms with Crippen LogP contribution in [0.2, 0.25) is 0 Å². The Hall–Kier alpha value is -0.670. The van der Waals surface area contributed by atoms with Gasteiger partial charge < -0.3 is 9.47 Å². The minimum atomic E-state index is 0.0944. The molecule has 0 bridgehead atoms. The lowest BCUT2D eigenvalue weighted by molar-refractivity contribution is -0.0960. The van der Waals surface area contributed by atoms with Crippen molar-refractivity contribution in [1.29, 1.82) is 0 Å². The van der Waals surface area contributed by atoms with E-state index in [2.05, 4.69) is 39.0 Å². The van der Waals surface area contributed by atoms with E-state index in [1.54, 1.807) is 0 Å². The SMILES string of the molecule is Cc1ccc(C(C)C)cc1OC1CCOC2(CCSC2)C1. The van der Waals surface area contributed by atoms with E-state index in [0.717, 1.165) is 31.0 Å². The number of ether oxygens (including phenoxy) is 2. The highest BCUT2D eigenvalue weighted by Gasteiger charge is 2.41. The van der Waals surface area contributed by atoms with Crippen LogP contribution in [-0.2, 0) is 4.74 Å². The maximum Gasteiger partial charge on any atom is 0.122 e. The Morgan fingerprint density at radius 3 is 2.95 bits per heavy atom. The lowest BCUT2D eigenvalue weighted by Crippen LogP contribution is -2.43. The predicted molar refractivity (Wildman–Crippen MR) is 89.5 cm³/mol. The number of hydrogen-bond acceptors (Lipinski definition) is 3. The lowest BCUT2D eigenvalue weighted by atomic mass is 9.91. The molecule has 2 atom stereocenters. The van der Waals surface area contributed by atoms with Gasteiger partial charge in [-0.2, -0.15) is 11.8 Å². The molecule has 21 heavy (non-hydrogen) atoms. The fraction of sp³-hybridized carbons (Fsp3) is 0.667. The Morgan fingerprint density at radius 1 is 1.38 bits per heavy atom. The van der Waals surface area contributed by atoms with Crippen LogP contribution < -0.4 is 4.74 Å². The van der Waals surface area contributed by atoms with Crippen molar-refractivity contribution < 1.29 is 9.47 Å². The summed E-state index contributed by atoms with van der Waals surface area (Å²) in [6.07, 6.45) is 3.55. The molecule has 1 aromatic carbocycles. The molecule has 116 valence electrons. The van der Waals surface area contributed by atoms with Gasteiger partial charge in [0.1, 0.15) is 11.9 Å². The van der Waals surface area contributed by atoms with Gasteiger partial charge in [0.05, 0.1) is 12.2 Å². The second kappa shape index (κ2) is 6.21. The zero-order chi connectivity index (χ0) is 14.9. The fourth-order valence-corrected chi connectivity index (χ4v) is 4.61. The van der Waals surface area contributed by atoms with Crippen molar-refractivity contribution in [1.82, 2.24) is 0 Å². The molecule has 0 saturated carbocycles. The van der Waals surface area contributed by atoms with Crippen LogP contribution >= 0.6 is 11.8 Å². The van der Waals surface area contributed by atoms with E-state index < -0.39 is 0 Å². The Labute approximate surface area is 132 Å². The molecule has 0 amide bonds. The third-order valence-corrected chi connectivity index (χ3v) is 5.91. The Balaban J connectivity index is 1.72. The van der Waals surface area contributed by atoms with E-state index >= 15 is 0 Å². The highest BCUT2D eigenvalue weighted by Crippen LogP contribution is 2.39. The van der Waals surface area contributed by atoms with E-state index in [0.29, 0.717) is 12.0 Å². The molecule has 2 saturated heterocycles. The summed E-state index contributed by atoms with van der Waals surface area (Å²) in [4.78, 5) is 0. The van der Waals surface area contributed by atoms with Gasteiger partial charge in [-0.15, -0.1) is 0 Å². The third-order valence-electron chi connectivity index (χ3n) is 4.69. The highest BCUT2D eigenvalue weighted by molar-refractivity contribution is 7.99. The summed E-state index contributed by atoms with van der Waals surface area (Å²) in [5.74, 6) is 3.97. The average molecular weight is 306 g/mol. The topological polar surface area (TPSA) is 18.5 Å². The zero-order valence-corrected chi connectivity index (χ0v) is 14.2. The number of aryl methyl sites for hydroxylation is 1. The highest BCUT2D eigenvalue weighted by atomic mass is 32.2. The third kappa shape index (κ3) is 3.40. The second-order valence-corrected chi connectivity index (χ2v) is 7.85. The molecule has 0 aromatic heterocycles. The molecule has 2 nitrogen and oxygen atoms in total. The molecule has 3 heteroatoms. The first-order valence-electron chi connectivity index (χ1n) is 8.07. The monoisotopic (exact) mass is 306 g/mol. The number of benzene rings is 1. The standard InChI is InChI=1S/C18H26O2S/c1-13(2)15-5-4-14(3)17(10-15)20-16-6-8-19-18(11-16)7-9-21-12-18/h4-5,10,13,16H,6-9,11-12H2,1-3H3. The Bertz CT molecular complexity index is 492. The van der Waals surface area contributed by atoms with Crippen LogP contribution in [0.25, 0.3) is 0 Å². The molecule has 2 unspecified atom stereocenters. The summed E-state index contributed by atoms with van der Waals surface area (Å²) in [5.41, 5.74) is 2.69. The zero-order valence-electron chi connectivity index (χ0n) is 13.4. The molecule has 1 spiro atoms. The van der Waals surface area contributed by atoms with Crippen molar-refractivity contribution in [3.8, 4) is 5.75 Å². The van der Waals surface area contributed by atoms with Crippen LogP contribution in [0, 0.1) is 6.92 Å². The van der Waals surface area contributed by atoms with Gasteiger partial charge in [-0.25, -0.2) is 0 Å². The van der Waals surface area contributed by atoms with Crippen LogP contribution in [0.15, 0.2) is 18.2 Å². The van der Waals surface area contributed by atoms with Crippen LogP contribution in [0.1, 0.15) is 50.2 Å². The maximum atomic E-state index is 6.37. The molecule has 0 aliphatic carbocycles. The molecular formula is C18H26O2S. The summed E-state index contributed by atoms with van der Waals surface area (Å²) < 4.78 is 12.5. The first-order chi connectivity index (χ1) is 10.1. The van der Waals surface area contributed by atoms with Crippen molar-refractivity contribution in [2.75, 3.05) is 18.1 Å². The fourth-order valence-electron chi connectivity index (χ4n) is 3.23. The Morgan fingerprint density at radius 2 is 2.24 bits per heavy atom. The molecule has 3 rings (SSSR count). The summed E-state index contributed by atoms with van der Waals surface area (Å²) in [6, 6.07) is 6.63. The lowest BCUT2D eigenvalue weighted by Gasteiger charge is -2.37. The summed E-state index contributed by atoms with van der Waals surface area (Å²) in [7, 11) is 0. The second-order valence-electron chi connectivity index (χ2n) is 6.75. The quantitative estimate of drug-likeness (QED) is 0.816. The van der Waals surface area contributed by atoms with Gasteiger partial charge in [0.2, 0.25) is 0 Å². The van der Waals surface area contributed by atoms with E-state index in [4.69, 9.17) is 9.47 Å². The van der Waals surface area contributed by atoms with Crippen LogP contribution in [0.3, 0.4) is 0 Å². The molecular weight excluding hydrogens is 280 g/mol. The summed E-state index contributed by atoms with van der Waals surface area (Å²) in [6.45, 7) is 7.44.